The first kappa shape index (κ1) is 35.0. The third-order valence-corrected chi connectivity index (χ3v) is 8.46. The van der Waals surface area contributed by atoms with Crippen LogP contribution in [0.5, 0.6) is 0 Å². The van der Waals surface area contributed by atoms with Crippen LogP contribution in [0.1, 0.15) is 76.3 Å². The summed E-state index contributed by atoms with van der Waals surface area (Å²) in [6.07, 6.45) is 4.00. The molecular weight excluding hydrogens is 565 g/mol. The molecule has 0 spiro atoms. The molecule has 1 unspecified atom stereocenters. The van der Waals surface area contributed by atoms with Crippen molar-refractivity contribution in [2.45, 2.75) is 83.3 Å². The average molecular weight is 614 g/mol. The number of nitrogens with two attached hydrogens (primary N) is 1. The first-order valence-corrected chi connectivity index (χ1v) is 15.8. The number of methoxy groups -OCH3 is 1. The number of ether oxygens (including phenoxy) is 2. The van der Waals surface area contributed by atoms with Crippen molar-refractivity contribution in [3.05, 3.63) is 59.4 Å². The molecule has 242 valence electrons. The van der Waals surface area contributed by atoms with Crippen molar-refractivity contribution in [3.8, 4) is 11.1 Å². The summed E-state index contributed by atoms with van der Waals surface area (Å²) in [4.78, 5) is 38.8. The molecule has 10 heteroatoms. The number of alkyl carbamates (subject to hydrolysis) is 1. The van der Waals surface area contributed by atoms with E-state index in [0.29, 0.717) is 49.1 Å². The van der Waals surface area contributed by atoms with Gasteiger partial charge in [0.1, 0.15) is 11.9 Å². The molecule has 9 nitrogen and oxygen atoms in total. The number of piperidine rings is 1. The number of esters is 1. The lowest BCUT2D eigenvalue weighted by Gasteiger charge is -2.44. The van der Waals surface area contributed by atoms with Crippen LogP contribution in [-0.2, 0) is 31.1 Å². The Bertz CT molecular complexity index is 1260. The minimum absolute atomic E-state index is 0.0767. The maximum atomic E-state index is 15.7. The monoisotopic (exact) mass is 613 g/mol. The Morgan fingerprint density at radius 1 is 1.18 bits per heavy atom. The van der Waals surface area contributed by atoms with Gasteiger partial charge in [-0.05, 0) is 67.7 Å². The third kappa shape index (κ3) is 9.25. The van der Waals surface area contributed by atoms with E-state index < -0.39 is 35.4 Å². The topological polar surface area (TPSA) is 131 Å². The van der Waals surface area contributed by atoms with Gasteiger partial charge >= 0.3 is 12.1 Å². The molecule has 3 rings (SSSR count). The van der Waals surface area contributed by atoms with Crippen molar-refractivity contribution in [3.63, 3.8) is 0 Å². The Morgan fingerprint density at radius 3 is 2.68 bits per heavy atom. The van der Waals surface area contributed by atoms with Crippen molar-refractivity contribution in [1.29, 1.82) is 0 Å². The van der Waals surface area contributed by atoms with E-state index in [-0.39, 0.29) is 38.3 Å². The highest BCUT2D eigenvalue weighted by Crippen LogP contribution is 2.44. The first-order valence-electron chi connectivity index (χ1n) is 15.8. The summed E-state index contributed by atoms with van der Waals surface area (Å²) in [7, 11) is 1.28. The summed E-state index contributed by atoms with van der Waals surface area (Å²) in [6.45, 7) is 5.37. The molecule has 0 radical (unpaired) electrons. The quantitative estimate of drug-likeness (QED) is 0.189. The van der Waals surface area contributed by atoms with Crippen molar-refractivity contribution in [2.24, 2.45) is 11.7 Å². The number of carbonyl (C=O) groups excluding carboxylic acids is 3. The van der Waals surface area contributed by atoms with Crippen LogP contribution < -0.4 is 11.1 Å². The Balaban J connectivity index is 1.86. The molecule has 0 aliphatic carbocycles. The van der Waals surface area contributed by atoms with Crippen LogP contribution in [0.4, 0.5) is 9.18 Å². The van der Waals surface area contributed by atoms with Gasteiger partial charge in [-0.3, -0.25) is 9.59 Å². The highest BCUT2D eigenvalue weighted by Gasteiger charge is 2.43. The number of amides is 2. The smallest absolute Gasteiger partial charge is 0.406 e. The number of benzene rings is 2. The van der Waals surface area contributed by atoms with Crippen LogP contribution in [0, 0.1) is 11.7 Å². The van der Waals surface area contributed by atoms with Gasteiger partial charge in [-0.15, -0.1) is 0 Å². The lowest BCUT2D eigenvalue weighted by Crippen LogP contribution is -2.49. The molecule has 1 aliphatic heterocycles. The summed E-state index contributed by atoms with van der Waals surface area (Å²) in [6, 6.07) is 11.5. The van der Waals surface area contributed by atoms with Gasteiger partial charge in [0, 0.05) is 37.5 Å². The number of hydrogen-bond acceptors (Lipinski definition) is 7. The van der Waals surface area contributed by atoms with Crippen molar-refractivity contribution in [2.75, 3.05) is 33.4 Å². The molecule has 44 heavy (non-hydrogen) atoms. The summed E-state index contributed by atoms with van der Waals surface area (Å²) < 4.78 is 25.5. The zero-order chi connectivity index (χ0) is 32.1. The molecule has 1 heterocycles. The fraction of sp³-hybridized carbons (Fsp3) is 0.559. The van der Waals surface area contributed by atoms with E-state index in [1.54, 1.807) is 17.0 Å². The van der Waals surface area contributed by atoms with Crippen LogP contribution in [-0.4, -0.2) is 67.4 Å². The van der Waals surface area contributed by atoms with Crippen molar-refractivity contribution >= 4 is 18.0 Å². The summed E-state index contributed by atoms with van der Waals surface area (Å²) in [5.74, 6) is -1.51. The second-order valence-electron chi connectivity index (χ2n) is 11.5. The lowest BCUT2D eigenvalue weighted by molar-refractivity contribution is -0.145. The molecule has 0 bridgehead atoms. The molecule has 2 amide bonds. The van der Waals surface area contributed by atoms with Crippen LogP contribution in [0.2, 0.25) is 0 Å². The van der Waals surface area contributed by atoms with E-state index in [4.69, 9.17) is 10.5 Å². The standard InChI is InChI=1S/C34H48FN3O6/c1-4-6-21-44-32(40)29(36)16-17-30(39)38-20-9-13-26(23-38)34(42,18-10-19-37-33(41)43-3)27-14-8-15-28(35)31(27)25-12-7-11-24(5-2)22-25/h7-8,11-12,14-15,22,26,29,42H,4-6,9-10,13,16-21,23,36H2,1-3H3,(H,37,41)/t26-,29+,34?/m1/s1. The van der Waals surface area contributed by atoms with E-state index in [2.05, 4.69) is 10.1 Å². The number of hydrogen-bond donors (Lipinski definition) is 3. The van der Waals surface area contributed by atoms with Crippen molar-refractivity contribution < 1.29 is 33.4 Å². The normalized spacial score (nSPS) is 17.0. The fourth-order valence-electron chi connectivity index (χ4n) is 5.88. The lowest BCUT2D eigenvalue weighted by atomic mass is 9.72. The second kappa shape index (κ2) is 17.1. The predicted molar refractivity (Wildman–Crippen MR) is 167 cm³/mol. The maximum Gasteiger partial charge on any atom is 0.406 e. The SMILES string of the molecule is CCCCOC(=O)[C@@H](N)CCC(=O)N1CCC[C@@H](C(O)(CCCNC(=O)OC)c2cccc(F)c2-c2cccc(CC)c2)C1. The van der Waals surface area contributed by atoms with E-state index in [0.717, 1.165) is 24.8 Å². The van der Waals surface area contributed by atoms with Gasteiger partial charge < -0.3 is 30.5 Å². The van der Waals surface area contributed by atoms with Crippen LogP contribution in [0.15, 0.2) is 42.5 Å². The molecule has 1 fully saturated rings. The second-order valence-corrected chi connectivity index (χ2v) is 11.5. The van der Waals surface area contributed by atoms with Gasteiger partial charge in [-0.25, -0.2) is 9.18 Å². The number of nitrogens with one attached hydrogen (secondary N) is 1. The van der Waals surface area contributed by atoms with E-state index in [1.165, 1.54) is 13.2 Å². The summed E-state index contributed by atoms with van der Waals surface area (Å²) in [5, 5.41) is 15.2. The first-order chi connectivity index (χ1) is 21.1. The summed E-state index contributed by atoms with van der Waals surface area (Å²) in [5.41, 5.74) is 7.00. The van der Waals surface area contributed by atoms with Crippen molar-refractivity contribution in [1.82, 2.24) is 10.2 Å². The van der Waals surface area contributed by atoms with E-state index >= 15 is 4.39 Å². The van der Waals surface area contributed by atoms with E-state index in [1.807, 2.05) is 38.1 Å². The Hall–Kier alpha value is -3.50. The minimum atomic E-state index is -1.50. The van der Waals surface area contributed by atoms with Gasteiger partial charge in [-0.1, -0.05) is 56.7 Å². The molecule has 4 N–H and O–H groups in total. The number of carbonyl (C=O) groups is 3. The predicted octanol–water partition coefficient (Wildman–Crippen LogP) is 5.07. The fourth-order valence-corrected chi connectivity index (χ4v) is 5.88. The molecule has 2 aromatic carbocycles. The molecule has 3 atom stereocenters. The Kier molecular flexibility index (Phi) is 13.6. The minimum Gasteiger partial charge on any atom is -0.465 e. The van der Waals surface area contributed by atoms with Gasteiger partial charge in [0.15, 0.2) is 0 Å². The number of nitrogens with zero attached hydrogens (tertiary/aromatic N) is 1. The number of halogens is 1. The zero-order valence-electron chi connectivity index (χ0n) is 26.3. The average Bonchev–Trinajstić information content (AvgIpc) is 3.05. The molecule has 0 aromatic heterocycles. The summed E-state index contributed by atoms with van der Waals surface area (Å²) >= 11 is 0. The molecule has 1 aliphatic rings. The largest absolute Gasteiger partial charge is 0.465 e. The van der Waals surface area contributed by atoms with Gasteiger partial charge in [0.25, 0.3) is 0 Å². The van der Waals surface area contributed by atoms with E-state index in [9.17, 15) is 19.5 Å². The molecular formula is C34H48FN3O6. The number of likely N-dealkylation sites (tertiary alicyclic amines) is 1. The third-order valence-electron chi connectivity index (χ3n) is 8.46. The molecule has 0 saturated carbocycles. The molecule has 1 saturated heterocycles. The van der Waals surface area contributed by atoms with Crippen LogP contribution in [0.25, 0.3) is 11.1 Å². The number of unbranched alkanes of at least 4 members (excludes halogenated alkanes) is 1. The zero-order valence-corrected chi connectivity index (χ0v) is 26.3. The van der Waals surface area contributed by atoms with Gasteiger partial charge in [-0.2, -0.15) is 0 Å². The maximum absolute atomic E-state index is 15.7. The number of aryl methyl sites for hydroxylation is 1. The van der Waals surface area contributed by atoms with Crippen LogP contribution >= 0.6 is 0 Å². The van der Waals surface area contributed by atoms with Gasteiger partial charge in [0.2, 0.25) is 5.91 Å². The van der Waals surface area contributed by atoms with Gasteiger partial charge in [0.05, 0.1) is 19.3 Å². The number of aliphatic hydroxyl groups is 1. The highest BCUT2D eigenvalue weighted by molar-refractivity contribution is 5.79. The highest BCUT2D eigenvalue weighted by atomic mass is 19.1. The Morgan fingerprint density at radius 2 is 1.95 bits per heavy atom. The number of rotatable bonds is 15. The van der Waals surface area contributed by atoms with Crippen LogP contribution in [0.3, 0.4) is 0 Å². The Labute approximate surface area is 260 Å². The molecule has 2 aromatic rings.